The number of carbonyl (C=O) groups excluding carboxylic acids is 1. The molecule has 1 amide bonds. The van der Waals surface area contributed by atoms with E-state index in [1.807, 2.05) is 6.07 Å². The lowest BCUT2D eigenvalue weighted by molar-refractivity contribution is -0.345. The highest BCUT2D eigenvalue weighted by Gasteiger charge is 2.36. The Balaban J connectivity index is 1.71. The smallest absolute Gasteiger partial charge is 0.497 e. The maximum Gasteiger partial charge on any atom is 0.522 e. The summed E-state index contributed by atoms with van der Waals surface area (Å²) in [6.07, 6.45) is -3.87. The standard InChI is InChI=1S/C17H18F3N3O3/c1-25-13-4-2-3-11(9-13)15-14(10-21-22-15)16(24)23-7-5-12(6-8-23)26-17(18,19)20/h2-4,9-10,12H,5-8H2,1H3,(H,21,22). The summed E-state index contributed by atoms with van der Waals surface area (Å²) in [4.78, 5) is 14.3. The summed E-state index contributed by atoms with van der Waals surface area (Å²) in [6, 6.07) is 7.17. The fraction of sp³-hybridized carbons (Fsp3) is 0.412. The SMILES string of the molecule is COc1cccc(-c2[nH]ncc2C(=O)N2CCC(OC(F)(F)F)CC2)c1. The van der Waals surface area contributed by atoms with Gasteiger partial charge in [-0.15, -0.1) is 13.2 Å². The molecule has 1 aliphatic heterocycles. The fourth-order valence-corrected chi connectivity index (χ4v) is 2.98. The molecule has 1 aromatic carbocycles. The van der Waals surface area contributed by atoms with Crippen LogP contribution in [0.5, 0.6) is 5.75 Å². The molecule has 0 unspecified atom stereocenters. The van der Waals surface area contributed by atoms with Crippen molar-refractivity contribution in [3.05, 3.63) is 36.0 Å². The third-order valence-electron chi connectivity index (χ3n) is 4.26. The number of hydrogen-bond acceptors (Lipinski definition) is 4. The molecule has 1 N–H and O–H groups in total. The number of alkyl halides is 3. The monoisotopic (exact) mass is 369 g/mol. The van der Waals surface area contributed by atoms with Crippen LogP contribution in [0.2, 0.25) is 0 Å². The van der Waals surface area contributed by atoms with E-state index in [4.69, 9.17) is 4.74 Å². The predicted octanol–water partition coefficient (Wildman–Crippen LogP) is 3.23. The maximum absolute atomic E-state index is 12.8. The Morgan fingerprint density at radius 3 is 2.69 bits per heavy atom. The molecule has 0 spiro atoms. The normalized spacial score (nSPS) is 15.9. The van der Waals surface area contributed by atoms with Gasteiger partial charge in [0.1, 0.15) is 5.75 Å². The first kappa shape index (κ1) is 18.2. The number of likely N-dealkylation sites (tertiary alicyclic amines) is 1. The van der Waals surface area contributed by atoms with Crippen molar-refractivity contribution in [1.82, 2.24) is 15.1 Å². The first-order valence-electron chi connectivity index (χ1n) is 8.09. The van der Waals surface area contributed by atoms with Crippen LogP contribution in [0.25, 0.3) is 11.3 Å². The molecule has 0 aliphatic carbocycles. The minimum atomic E-state index is -4.65. The molecule has 1 aromatic heterocycles. The lowest BCUT2D eigenvalue weighted by atomic mass is 10.0. The van der Waals surface area contributed by atoms with Gasteiger partial charge in [-0.2, -0.15) is 5.10 Å². The van der Waals surface area contributed by atoms with Crippen LogP contribution in [-0.4, -0.2) is 53.7 Å². The van der Waals surface area contributed by atoms with E-state index in [0.29, 0.717) is 17.0 Å². The summed E-state index contributed by atoms with van der Waals surface area (Å²) >= 11 is 0. The van der Waals surface area contributed by atoms with Crippen LogP contribution in [0, 0.1) is 0 Å². The van der Waals surface area contributed by atoms with Crippen molar-refractivity contribution >= 4 is 5.91 Å². The van der Waals surface area contributed by atoms with Gasteiger partial charge in [-0.05, 0) is 25.0 Å². The molecule has 1 saturated heterocycles. The number of aromatic nitrogens is 2. The number of benzene rings is 1. The summed E-state index contributed by atoms with van der Waals surface area (Å²) < 4.78 is 46.1. The average Bonchev–Trinajstić information content (AvgIpc) is 3.10. The molecule has 1 fully saturated rings. The Kier molecular flexibility index (Phi) is 5.17. The third kappa shape index (κ3) is 4.16. The highest BCUT2D eigenvalue weighted by Crippen LogP contribution is 2.28. The van der Waals surface area contributed by atoms with Crippen LogP contribution in [0.4, 0.5) is 13.2 Å². The van der Waals surface area contributed by atoms with Crippen LogP contribution >= 0.6 is 0 Å². The van der Waals surface area contributed by atoms with E-state index >= 15 is 0 Å². The predicted molar refractivity (Wildman–Crippen MR) is 86.6 cm³/mol. The van der Waals surface area contributed by atoms with Crippen LogP contribution in [0.1, 0.15) is 23.2 Å². The number of rotatable bonds is 4. The summed E-state index contributed by atoms with van der Waals surface area (Å²) in [7, 11) is 1.55. The van der Waals surface area contributed by atoms with Gasteiger partial charge in [0.15, 0.2) is 0 Å². The summed E-state index contributed by atoms with van der Waals surface area (Å²) in [5.74, 6) is 0.364. The summed E-state index contributed by atoms with van der Waals surface area (Å²) in [5.41, 5.74) is 1.65. The van der Waals surface area contributed by atoms with Crippen LogP contribution in [0.3, 0.4) is 0 Å². The highest BCUT2D eigenvalue weighted by atomic mass is 19.4. The van der Waals surface area contributed by atoms with Gasteiger partial charge in [0.25, 0.3) is 5.91 Å². The minimum Gasteiger partial charge on any atom is -0.497 e. The number of halogens is 3. The quantitative estimate of drug-likeness (QED) is 0.899. The number of hydrogen-bond donors (Lipinski definition) is 1. The Morgan fingerprint density at radius 2 is 2.04 bits per heavy atom. The second kappa shape index (κ2) is 7.36. The molecule has 1 aliphatic rings. The second-order valence-corrected chi connectivity index (χ2v) is 5.95. The van der Waals surface area contributed by atoms with Crippen molar-refractivity contribution in [2.45, 2.75) is 25.3 Å². The number of methoxy groups -OCH3 is 1. The Hall–Kier alpha value is -2.55. The van der Waals surface area contributed by atoms with Gasteiger partial charge >= 0.3 is 6.36 Å². The van der Waals surface area contributed by atoms with Crippen molar-refractivity contribution < 1.29 is 27.4 Å². The van der Waals surface area contributed by atoms with Gasteiger partial charge in [0.05, 0.1) is 30.7 Å². The van der Waals surface area contributed by atoms with E-state index in [-0.39, 0.29) is 31.8 Å². The molecule has 140 valence electrons. The fourth-order valence-electron chi connectivity index (χ4n) is 2.98. The average molecular weight is 369 g/mol. The van der Waals surface area contributed by atoms with Crippen LogP contribution < -0.4 is 4.74 Å². The van der Waals surface area contributed by atoms with Crippen LogP contribution in [0.15, 0.2) is 30.5 Å². The lowest BCUT2D eigenvalue weighted by Gasteiger charge is -2.32. The number of ether oxygens (including phenoxy) is 2. The van der Waals surface area contributed by atoms with E-state index in [0.717, 1.165) is 5.56 Å². The molecule has 6 nitrogen and oxygen atoms in total. The largest absolute Gasteiger partial charge is 0.522 e. The molecule has 0 radical (unpaired) electrons. The maximum atomic E-state index is 12.8. The number of piperidine rings is 1. The molecule has 2 heterocycles. The Morgan fingerprint density at radius 1 is 1.31 bits per heavy atom. The van der Waals surface area contributed by atoms with Crippen molar-refractivity contribution in [2.24, 2.45) is 0 Å². The topological polar surface area (TPSA) is 67.5 Å². The van der Waals surface area contributed by atoms with Gasteiger partial charge in [-0.1, -0.05) is 12.1 Å². The van der Waals surface area contributed by atoms with Crippen molar-refractivity contribution in [3.63, 3.8) is 0 Å². The molecule has 0 saturated carbocycles. The van der Waals surface area contributed by atoms with Crippen molar-refractivity contribution in [1.29, 1.82) is 0 Å². The molecule has 0 atom stereocenters. The number of amides is 1. The third-order valence-corrected chi connectivity index (χ3v) is 4.26. The van der Waals surface area contributed by atoms with E-state index in [1.165, 1.54) is 11.1 Å². The van der Waals surface area contributed by atoms with Gasteiger partial charge < -0.3 is 9.64 Å². The Labute approximate surface area is 147 Å². The van der Waals surface area contributed by atoms with E-state index in [1.54, 1.807) is 25.3 Å². The molecule has 3 rings (SSSR count). The zero-order valence-electron chi connectivity index (χ0n) is 14.0. The number of aromatic amines is 1. The first-order valence-corrected chi connectivity index (χ1v) is 8.09. The number of carbonyl (C=O) groups is 1. The highest BCUT2D eigenvalue weighted by molar-refractivity contribution is 5.99. The number of nitrogens with zero attached hydrogens (tertiary/aromatic N) is 2. The molecule has 2 aromatic rings. The van der Waals surface area contributed by atoms with E-state index in [9.17, 15) is 18.0 Å². The zero-order chi connectivity index (χ0) is 18.7. The first-order chi connectivity index (χ1) is 12.4. The summed E-state index contributed by atoms with van der Waals surface area (Å²) in [5, 5.41) is 6.75. The van der Waals surface area contributed by atoms with E-state index < -0.39 is 12.5 Å². The second-order valence-electron chi connectivity index (χ2n) is 5.95. The number of nitrogens with one attached hydrogen (secondary N) is 1. The molecule has 0 bridgehead atoms. The van der Waals surface area contributed by atoms with Crippen LogP contribution in [-0.2, 0) is 4.74 Å². The molecular formula is C17H18F3N3O3. The van der Waals surface area contributed by atoms with E-state index in [2.05, 4.69) is 14.9 Å². The minimum absolute atomic E-state index is 0.137. The summed E-state index contributed by atoms with van der Waals surface area (Å²) in [6.45, 7) is 0.393. The Bertz CT molecular complexity index is 768. The lowest BCUT2D eigenvalue weighted by Crippen LogP contribution is -2.42. The number of H-pyrrole nitrogens is 1. The molecule has 9 heteroatoms. The van der Waals surface area contributed by atoms with Gasteiger partial charge in [0.2, 0.25) is 0 Å². The van der Waals surface area contributed by atoms with Gasteiger partial charge in [-0.25, -0.2) is 0 Å². The van der Waals surface area contributed by atoms with Gasteiger partial charge in [0, 0.05) is 18.7 Å². The molecular weight excluding hydrogens is 351 g/mol. The zero-order valence-corrected chi connectivity index (χ0v) is 14.0. The van der Waals surface area contributed by atoms with Gasteiger partial charge in [-0.3, -0.25) is 14.6 Å². The van der Waals surface area contributed by atoms with Crippen molar-refractivity contribution in [2.75, 3.05) is 20.2 Å². The molecule has 26 heavy (non-hydrogen) atoms. The van der Waals surface area contributed by atoms with Crippen molar-refractivity contribution in [3.8, 4) is 17.0 Å².